The number of benzene rings is 1. The summed E-state index contributed by atoms with van der Waals surface area (Å²) in [6.07, 6.45) is 1.21. The van der Waals surface area contributed by atoms with Crippen molar-refractivity contribution < 1.29 is 4.42 Å². The summed E-state index contributed by atoms with van der Waals surface area (Å²) in [4.78, 5) is 2.34. The van der Waals surface area contributed by atoms with Gasteiger partial charge in [-0.1, -0.05) is 32.0 Å². The molecule has 1 aromatic heterocycles. The summed E-state index contributed by atoms with van der Waals surface area (Å²) in [5.74, 6) is 1.65. The molecule has 0 fully saturated rings. The van der Waals surface area contributed by atoms with E-state index < -0.39 is 0 Å². The Morgan fingerprint density at radius 2 is 2.00 bits per heavy atom. The van der Waals surface area contributed by atoms with Crippen LogP contribution in [0.4, 0.5) is 0 Å². The normalized spacial score (nSPS) is 11.9. The molecule has 1 heterocycles. The Kier molecular flexibility index (Phi) is 4.61. The molecule has 0 bridgehead atoms. The fraction of sp³-hybridized carbons (Fsp3) is 0.500. The maximum absolute atomic E-state index is 5.82. The highest BCUT2D eigenvalue weighted by atomic mass is 16.3. The summed E-state index contributed by atoms with van der Waals surface area (Å²) in [7, 11) is 2.16. The Balaban J connectivity index is 2.18. The summed E-state index contributed by atoms with van der Waals surface area (Å²) in [6, 6.07) is 8.17. The number of fused-ring (bicyclic) bond motifs is 1. The van der Waals surface area contributed by atoms with Crippen LogP contribution in [0.15, 0.2) is 28.7 Å². The van der Waals surface area contributed by atoms with Crippen molar-refractivity contribution in [1.29, 1.82) is 0 Å². The van der Waals surface area contributed by atoms with Gasteiger partial charge in [-0.2, -0.15) is 0 Å². The van der Waals surface area contributed by atoms with Crippen molar-refractivity contribution >= 4 is 11.0 Å². The fourth-order valence-corrected chi connectivity index (χ4v) is 2.32. The second kappa shape index (κ2) is 6.22. The molecular formula is C16H24N2O. The Bertz CT molecular complexity index is 531. The van der Waals surface area contributed by atoms with Crippen LogP contribution in [0.5, 0.6) is 0 Å². The van der Waals surface area contributed by atoms with E-state index in [1.54, 1.807) is 0 Å². The molecule has 0 aliphatic rings. The minimum atomic E-state index is 0.460. The molecule has 0 amide bonds. The molecule has 104 valence electrons. The van der Waals surface area contributed by atoms with E-state index in [0.29, 0.717) is 6.54 Å². The molecule has 0 saturated carbocycles. The first-order valence-corrected chi connectivity index (χ1v) is 6.99. The molecule has 1 aromatic carbocycles. The quantitative estimate of drug-likeness (QED) is 0.866. The van der Waals surface area contributed by atoms with Crippen molar-refractivity contribution in [1.82, 2.24) is 4.90 Å². The van der Waals surface area contributed by atoms with Gasteiger partial charge in [-0.15, -0.1) is 0 Å². The van der Waals surface area contributed by atoms with E-state index in [1.807, 2.05) is 12.1 Å². The molecular weight excluding hydrogens is 236 g/mol. The first kappa shape index (κ1) is 14.1. The molecule has 0 aliphatic heterocycles. The molecule has 0 aliphatic carbocycles. The Labute approximate surface area is 115 Å². The van der Waals surface area contributed by atoms with E-state index in [1.165, 1.54) is 17.4 Å². The minimum absolute atomic E-state index is 0.460. The highest BCUT2D eigenvalue weighted by Crippen LogP contribution is 2.26. The van der Waals surface area contributed by atoms with E-state index in [-0.39, 0.29) is 0 Å². The van der Waals surface area contributed by atoms with E-state index in [4.69, 9.17) is 10.2 Å². The number of para-hydroxylation sites is 1. The maximum atomic E-state index is 5.82. The van der Waals surface area contributed by atoms with Gasteiger partial charge in [-0.3, -0.25) is 0 Å². The Hall–Kier alpha value is -1.32. The van der Waals surface area contributed by atoms with Crippen LogP contribution >= 0.6 is 0 Å². The van der Waals surface area contributed by atoms with Gasteiger partial charge in [0.1, 0.15) is 11.3 Å². The van der Waals surface area contributed by atoms with E-state index in [0.717, 1.165) is 30.4 Å². The zero-order valence-corrected chi connectivity index (χ0v) is 12.1. The molecule has 0 spiro atoms. The van der Waals surface area contributed by atoms with E-state index in [9.17, 15) is 0 Å². The highest BCUT2D eigenvalue weighted by molar-refractivity contribution is 5.82. The number of furan rings is 1. The molecule has 3 nitrogen and oxygen atoms in total. The van der Waals surface area contributed by atoms with E-state index in [2.05, 4.69) is 37.9 Å². The lowest BCUT2D eigenvalue weighted by Gasteiger charge is -2.17. The smallest absolute Gasteiger partial charge is 0.134 e. The van der Waals surface area contributed by atoms with Crippen molar-refractivity contribution in [2.45, 2.75) is 33.4 Å². The third-order valence-corrected chi connectivity index (χ3v) is 3.48. The summed E-state index contributed by atoms with van der Waals surface area (Å²) in [6.45, 7) is 6.97. The first-order valence-electron chi connectivity index (χ1n) is 6.99. The lowest BCUT2D eigenvalue weighted by atomic mass is 10.1. The van der Waals surface area contributed by atoms with Crippen molar-refractivity contribution in [3.05, 3.63) is 35.6 Å². The van der Waals surface area contributed by atoms with Gasteiger partial charge in [0.05, 0.1) is 6.54 Å². The average molecular weight is 260 g/mol. The number of nitrogens with zero attached hydrogens (tertiary/aromatic N) is 1. The van der Waals surface area contributed by atoms with Crippen molar-refractivity contribution in [3.63, 3.8) is 0 Å². The topological polar surface area (TPSA) is 42.4 Å². The molecule has 0 radical (unpaired) electrons. The molecule has 2 rings (SSSR count). The minimum Gasteiger partial charge on any atom is -0.459 e. The first-order chi connectivity index (χ1) is 9.11. The lowest BCUT2D eigenvalue weighted by molar-refractivity contribution is 0.301. The molecule has 3 heteroatoms. The second-order valence-electron chi connectivity index (χ2n) is 5.62. The van der Waals surface area contributed by atoms with Crippen LogP contribution < -0.4 is 5.73 Å². The van der Waals surface area contributed by atoms with Gasteiger partial charge in [-0.05, 0) is 32.0 Å². The number of hydrogen-bond donors (Lipinski definition) is 1. The van der Waals surface area contributed by atoms with Gasteiger partial charge in [-0.25, -0.2) is 0 Å². The Morgan fingerprint density at radius 3 is 2.68 bits per heavy atom. The van der Waals surface area contributed by atoms with Gasteiger partial charge in [0, 0.05) is 17.5 Å². The SMILES string of the molecule is CC(C)CCN(C)Cc1c(CN)oc2ccccc12. The molecule has 0 unspecified atom stereocenters. The number of nitrogens with two attached hydrogens (primary N) is 1. The van der Waals surface area contributed by atoms with Crippen LogP contribution in [0.25, 0.3) is 11.0 Å². The van der Waals surface area contributed by atoms with Crippen LogP contribution in [-0.4, -0.2) is 18.5 Å². The summed E-state index contributed by atoms with van der Waals surface area (Å²) in [5, 5.41) is 1.19. The van der Waals surface area contributed by atoms with Crippen LogP contribution in [0.1, 0.15) is 31.6 Å². The van der Waals surface area contributed by atoms with Gasteiger partial charge < -0.3 is 15.1 Å². The van der Waals surface area contributed by atoms with Gasteiger partial charge in [0.2, 0.25) is 0 Å². The molecule has 2 N–H and O–H groups in total. The molecule has 0 atom stereocenters. The van der Waals surface area contributed by atoms with Crippen molar-refractivity contribution in [2.24, 2.45) is 11.7 Å². The molecule has 19 heavy (non-hydrogen) atoms. The molecule has 0 saturated heterocycles. The van der Waals surface area contributed by atoms with Crippen LogP contribution in [-0.2, 0) is 13.1 Å². The predicted octanol–water partition coefficient (Wildman–Crippen LogP) is 3.37. The highest BCUT2D eigenvalue weighted by Gasteiger charge is 2.14. The van der Waals surface area contributed by atoms with Crippen molar-refractivity contribution in [3.8, 4) is 0 Å². The average Bonchev–Trinajstić information content (AvgIpc) is 2.75. The third kappa shape index (κ3) is 3.37. The number of hydrogen-bond acceptors (Lipinski definition) is 3. The standard InChI is InChI=1S/C16H24N2O/c1-12(2)8-9-18(3)11-14-13-6-4-5-7-15(13)19-16(14)10-17/h4-7,12H,8-11,17H2,1-3H3. The number of rotatable bonds is 6. The van der Waals surface area contributed by atoms with Gasteiger partial charge in [0.25, 0.3) is 0 Å². The maximum Gasteiger partial charge on any atom is 0.134 e. The summed E-state index contributed by atoms with van der Waals surface area (Å²) in [5.41, 5.74) is 7.98. The monoisotopic (exact) mass is 260 g/mol. The second-order valence-corrected chi connectivity index (χ2v) is 5.62. The van der Waals surface area contributed by atoms with E-state index >= 15 is 0 Å². The summed E-state index contributed by atoms with van der Waals surface area (Å²) >= 11 is 0. The third-order valence-electron chi connectivity index (χ3n) is 3.48. The van der Waals surface area contributed by atoms with Crippen LogP contribution in [0, 0.1) is 5.92 Å². The van der Waals surface area contributed by atoms with Crippen molar-refractivity contribution in [2.75, 3.05) is 13.6 Å². The van der Waals surface area contributed by atoms with Gasteiger partial charge >= 0.3 is 0 Å². The fourth-order valence-electron chi connectivity index (χ4n) is 2.32. The van der Waals surface area contributed by atoms with Gasteiger partial charge in [0.15, 0.2) is 0 Å². The zero-order valence-electron chi connectivity index (χ0n) is 12.1. The van der Waals surface area contributed by atoms with Crippen LogP contribution in [0.2, 0.25) is 0 Å². The Morgan fingerprint density at radius 1 is 1.26 bits per heavy atom. The molecule has 2 aromatic rings. The van der Waals surface area contributed by atoms with Crippen LogP contribution in [0.3, 0.4) is 0 Å². The predicted molar refractivity (Wildman–Crippen MR) is 79.9 cm³/mol. The summed E-state index contributed by atoms with van der Waals surface area (Å²) < 4.78 is 5.82. The zero-order chi connectivity index (χ0) is 13.8. The largest absolute Gasteiger partial charge is 0.459 e. The lowest BCUT2D eigenvalue weighted by Crippen LogP contribution is -2.21.